The second-order valence-electron chi connectivity index (χ2n) is 5.85. The first-order chi connectivity index (χ1) is 8.33. The van der Waals surface area contributed by atoms with E-state index in [9.17, 15) is 9.59 Å². The van der Waals surface area contributed by atoms with E-state index >= 15 is 0 Å². The van der Waals surface area contributed by atoms with Crippen LogP contribution in [0, 0.1) is 5.92 Å². The zero-order valence-electron chi connectivity index (χ0n) is 11.6. The average Bonchev–Trinajstić information content (AvgIpc) is 2.25. The van der Waals surface area contributed by atoms with Gasteiger partial charge in [0, 0.05) is 18.5 Å². The first kappa shape index (κ1) is 14.8. The van der Waals surface area contributed by atoms with E-state index in [1.807, 2.05) is 27.7 Å². The highest BCUT2D eigenvalue weighted by Gasteiger charge is 2.32. The molecule has 0 spiro atoms. The highest BCUT2D eigenvalue weighted by molar-refractivity contribution is 5.68. The maximum absolute atomic E-state index is 12.0. The van der Waals surface area contributed by atoms with Crippen LogP contribution >= 0.6 is 0 Å². The van der Waals surface area contributed by atoms with Crippen molar-refractivity contribution in [2.45, 2.75) is 52.2 Å². The number of ether oxygens (including phenoxy) is 2. The molecule has 2 unspecified atom stereocenters. The Balaban J connectivity index is 2.56. The summed E-state index contributed by atoms with van der Waals surface area (Å²) in [6.45, 7) is 8.99. The number of amides is 1. The fourth-order valence-electron chi connectivity index (χ4n) is 2.07. The zero-order chi connectivity index (χ0) is 13.8. The molecule has 18 heavy (non-hydrogen) atoms. The Morgan fingerprint density at radius 1 is 1.39 bits per heavy atom. The summed E-state index contributed by atoms with van der Waals surface area (Å²) in [5.74, 6) is 0.207. The number of piperidine rings is 1. The largest absolute Gasteiger partial charge is 0.468 e. The molecular weight excluding hydrogens is 234 g/mol. The van der Waals surface area contributed by atoms with Gasteiger partial charge in [0.25, 0.3) is 6.47 Å². The molecule has 1 aliphatic heterocycles. The second kappa shape index (κ2) is 6.07. The van der Waals surface area contributed by atoms with Gasteiger partial charge in [0.2, 0.25) is 0 Å². The molecule has 0 aromatic carbocycles. The Labute approximate surface area is 108 Å². The molecule has 1 aliphatic rings. The summed E-state index contributed by atoms with van der Waals surface area (Å²) in [6, 6.07) is 0.173. The molecule has 0 aromatic heterocycles. The average molecular weight is 257 g/mol. The van der Waals surface area contributed by atoms with Crippen molar-refractivity contribution in [3.63, 3.8) is 0 Å². The van der Waals surface area contributed by atoms with Crippen molar-refractivity contribution < 1.29 is 19.1 Å². The summed E-state index contributed by atoms with van der Waals surface area (Å²) >= 11 is 0. The van der Waals surface area contributed by atoms with Gasteiger partial charge in [0.1, 0.15) is 5.60 Å². The van der Waals surface area contributed by atoms with Crippen molar-refractivity contribution in [1.82, 2.24) is 4.90 Å². The summed E-state index contributed by atoms with van der Waals surface area (Å²) < 4.78 is 10.2. The number of hydrogen-bond acceptors (Lipinski definition) is 4. The Morgan fingerprint density at radius 3 is 2.61 bits per heavy atom. The number of rotatable bonds is 3. The molecule has 104 valence electrons. The standard InChI is InChI=1S/C13H23NO4/c1-10-5-6-11(8-17-9-15)7-14(10)12(16)18-13(2,3)4/h9-11H,5-8H2,1-4H3. The number of nitrogens with zero attached hydrogens (tertiary/aromatic N) is 1. The smallest absolute Gasteiger partial charge is 0.410 e. The summed E-state index contributed by atoms with van der Waals surface area (Å²) in [4.78, 5) is 24.0. The summed E-state index contributed by atoms with van der Waals surface area (Å²) in [5, 5.41) is 0. The van der Waals surface area contributed by atoms with Gasteiger partial charge in [-0.15, -0.1) is 0 Å². The number of hydrogen-bond donors (Lipinski definition) is 0. The van der Waals surface area contributed by atoms with Crippen LogP contribution in [0.1, 0.15) is 40.5 Å². The molecule has 0 radical (unpaired) electrons. The third-order valence-corrected chi connectivity index (χ3v) is 3.01. The molecule has 5 heteroatoms. The predicted octanol–water partition coefficient (Wildman–Crippen LogP) is 2.20. The van der Waals surface area contributed by atoms with Crippen LogP contribution in [0.5, 0.6) is 0 Å². The Kier molecular flexibility index (Phi) is 4.99. The van der Waals surface area contributed by atoms with Gasteiger partial charge in [-0.05, 0) is 40.5 Å². The fourth-order valence-corrected chi connectivity index (χ4v) is 2.07. The van der Waals surface area contributed by atoms with Crippen molar-refractivity contribution in [2.24, 2.45) is 5.92 Å². The molecule has 0 aromatic rings. The van der Waals surface area contributed by atoms with Gasteiger partial charge in [-0.2, -0.15) is 0 Å². The topological polar surface area (TPSA) is 55.8 Å². The molecule has 1 amide bonds. The normalized spacial score (nSPS) is 24.6. The highest BCUT2D eigenvalue weighted by atomic mass is 16.6. The van der Waals surface area contributed by atoms with E-state index in [2.05, 4.69) is 0 Å². The van der Waals surface area contributed by atoms with E-state index < -0.39 is 5.60 Å². The van der Waals surface area contributed by atoms with Gasteiger partial charge in [0.05, 0.1) is 6.61 Å². The molecule has 0 N–H and O–H groups in total. The number of likely N-dealkylation sites (tertiary alicyclic amines) is 1. The lowest BCUT2D eigenvalue weighted by atomic mass is 9.94. The van der Waals surface area contributed by atoms with Gasteiger partial charge >= 0.3 is 6.09 Å². The third kappa shape index (κ3) is 4.55. The minimum atomic E-state index is -0.483. The van der Waals surface area contributed by atoms with Crippen LogP contribution in [0.4, 0.5) is 4.79 Å². The van der Waals surface area contributed by atoms with Gasteiger partial charge in [0.15, 0.2) is 0 Å². The van der Waals surface area contributed by atoms with E-state index in [0.29, 0.717) is 19.6 Å². The van der Waals surface area contributed by atoms with Crippen LogP contribution in [0.15, 0.2) is 0 Å². The maximum Gasteiger partial charge on any atom is 0.410 e. The van der Waals surface area contributed by atoms with E-state index in [1.165, 1.54) is 0 Å². The first-order valence-electron chi connectivity index (χ1n) is 6.38. The van der Waals surface area contributed by atoms with Gasteiger partial charge in [-0.25, -0.2) is 4.79 Å². The molecule has 0 aliphatic carbocycles. The van der Waals surface area contributed by atoms with E-state index in [4.69, 9.17) is 9.47 Å². The van der Waals surface area contributed by atoms with Gasteiger partial charge < -0.3 is 14.4 Å². The van der Waals surface area contributed by atoms with E-state index in [1.54, 1.807) is 4.90 Å². The number of carbonyl (C=O) groups is 2. The van der Waals surface area contributed by atoms with Crippen molar-refractivity contribution in [2.75, 3.05) is 13.2 Å². The Morgan fingerprint density at radius 2 is 2.06 bits per heavy atom. The molecule has 5 nitrogen and oxygen atoms in total. The van der Waals surface area contributed by atoms with Crippen LogP contribution in [0.25, 0.3) is 0 Å². The zero-order valence-corrected chi connectivity index (χ0v) is 11.6. The molecule has 1 rings (SSSR count). The van der Waals surface area contributed by atoms with Crippen LogP contribution in [-0.4, -0.2) is 42.3 Å². The lowest BCUT2D eigenvalue weighted by Crippen LogP contribution is -2.48. The van der Waals surface area contributed by atoms with Gasteiger partial charge in [-0.3, -0.25) is 4.79 Å². The molecule has 1 heterocycles. The molecule has 1 fully saturated rings. The minimum absolute atomic E-state index is 0.173. The second-order valence-corrected chi connectivity index (χ2v) is 5.85. The lowest BCUT2D eigenvalue weighted by molar-refractivity contribution is -0.130. The monoisotopic (exact) mass is 257 g/mol. The van der Waals surface area contributed by atoms with Crippen LogP contribution in [0.3, 0.4) is 0 Å². The quantitative estimate of drug-likeness (QED) is 0.727. The Bertz CT molecular complexity index is 298. The van der Waals surface area contributed by atoms with Crippen LogP contribution in [0.2, 0.25) is 0 Å². The van der Waals surface area contributed by atoms with Crippen LogP contribution < -0.4 is 0 Å². The molecule has 0 bridgehead atoms. The molecule has 1 saturated heterocycles. The third-order valence-electron chi connectivity index (χ3n) is 3.01. The van der Waals surface area contributed by atoms with Crippen molar-refractivity contribution in [3.05, 3.63) is 0 Å². The van der Waals surface area contributed by atoms with Crippen LogP contribution in [-0.2, 0) is 14.3 Å². The molecule has 0 saturated carbocycles. The Hall–Kier alpha value is -1.26. The van der Waals surface area contributed by atoms with E-state index in [-0.39, 0.29) is 18.1 Å². The lowest BCUT2D eigenvalue weighted by Gasteiger charge is -2.38. The summed E-state index contributed by atoms with van der Waals surface area (Å²) in [5.41, 5.74) is -0.483. The first-order valence-corrected chi connectivity index (χ1v) is 6.38. The summed E-state index contributed by atoms with van der Waals surface area (Å²) in [6.07, 6.45) is 1.59. The van der Waals surface area contributed by atoms with Gasteiger partial charge in [-0.1, -0.05) is 0 Å². The van der Waals surface area contributed by atoms with E-state index in [0.717, 1.165) is 12.8 Å². The number of carbonyl (C=O) groups excluding carboxylic acids is 2. The van der Waals surface area contributed by atoms with Crippen molar-refractivity contribution >= 4 is 12.6 Å². The minimum Gasteiger partial charge on any atom is -0.468 e. The maximum atomic E-state index is 12.0. The fraction of sp³-hybridized carbons (Fsp3) is 0.846. The molecular formula is C13H23NO4. The summed E-state index contributed by atoms with van der Waals surface area (Å²) in [7, 11) is 0. The van der Waals surface area contributed by atoms with Crippen molar-refractivity contribution in [1.29, 1.82) is 0 Å². The highest BCUT2D eigenvalue weighted by Crippen LogP contribution is 2.24. The molecule has 2 atom stereocenters. The SMILES string of the molecule is CC1CCC(COC=O)CN1C(=O)OC(C)(C)C. The predicted molar refractivity (Wildman–Crippen MR) is 67.1 cm³/mol. The van der Waals surface area contributed by atoms with Crippen molar-refractivity contribution in [3.8, 4) is 0 Å².